The smallest absolute Gasteiger partial charge is 0.264 e. The first kappa shape index (κ1) is 26.7. The molecule has 0 atom stereocenters. The molecule has 4 aromatic rings. The van der Waals surface area contributed by atoms with Crippen LogP contribution >= 0.6 is 23.2 Å². The van der Waals surface area contributed by atoms with Crippen LogP contribution in [0.3, 0.4) is 0 Å². The van der Waals surface area contributed by atoms with Gasteiger partial charge in [-0.3, -0.25) is 9.10 Å². The molecule has 0 unspecified atom stereocenters. The number of rotatable bonds is 9. The molecule has 0 aliphatic rings. The number of hydrogen-bond donors (Lipinski definition) is 0. The van der Waals surface area contributed by atoms with Gasteiger partial charge >= 0.3 is 0 Å². The van der Waals surface area contributed by atoms with E-state index in [-0.39, 0.29) is 26.5 Å². The number of anilines is 1. The van der Waals surface area contributed by atoms with Gasteiger partial charge in [0.2, 0.25) is 5.91 Å². The zero-order chi connectivity index (χ0) is 26.4. The second-order valence-corrected chi connectivity index (χ2v) is 11.4. The Hall–Kier alpha value is -3.32. The lowest BCUT2D eigenvalue weighted by Crippen LogP contribution is -2.42. The molecule has 1 amide bonds. The van der Waals surface area contributed by atoms with Gasteiger partial charge in [0.05, 0.1) is 10.6 Å². The number of hydrogen-bond acceptors (Lipinski definition) is 3. The number of sulfonamides is 1. The molecule has 4 aromatic carbocycles. The highest BCUT2D eigenvalue weighted by molar-refractivity contribution is 7.92. The summed E-state index contributed by atoms with van der Waals surface area (Å²) in [7, 11) is -4.11. The summed E-state index contributed by atoms with van der Waals surface area (Å²) in [5.74, 6) is -0.362. The fourth-order valence-electron chi connectivity index (χ4n) is 3.90. The van der Waals surface area contributed by atoms with Crippen molar-refractivity contribution in [3.63, 3.8) is 0 Å². The molecule has 190 valence electrons. The lowest BCUT2D eigenvalue weighted by atomic mass is 10.1. The molecule has 0 aliphatic heterocycles. The predicted octanol–water partition coefficient (Wildman–Crippen LogP) is 6.73. The lowest BCUT2D eigenvalue weighted by Gasteiger charge is -2.29. The third-order valence-corrected chi connectivity index (χ3v) is 8.03. The highest BCUT2D eigenvalue weighted by atomic mass is 35.5. The normalized spacial score (nSPS) is 11.2. The van der Waals surface area contributed by atoms with Crippen LogP contribution < -0.4 is 4.31 Å². The van der Waals surface area contributed by atoms with Crippen LogP contribution in [0, 0.1) is 6.92 Å². The van der Waals surface area contributed by atoms with Crippen molar-refractivity contribution in [3.05, 3.63) is 130 Å². The molecule has 0 saturated heterocycles. The summed E-state index contributed by atoms with van der Waals surface area (Å²) in [6, 6.07) is 30.2. The molecule has 0 heterocycles. The first-order valence-electron chi connectivity index (χ1n) is 11.6. The Morgan fingerprint density at radius 3 is 1.70 bits per heavy atom. The van der Waals surface area contributed by atoms with Gasteiger partial charge < -0.3 is 4.90 Å². The predicted molar refractivity (Wildman–Crippen MR) is 149 cm³/mol. The maximum atomic E-state index is 13.8. The van der Waals surface area contributed by atoms with Gasteiger partial charge in [-0.25, -0.2) is 8.42 Å². The van der Waals surface area contributed by atoms with Gasteiger partial charge in [-0.2, -0.15) is 0 Å². The van der Waals surface area contributed by atoms with Gasteiger partial charge in [0.1, 0.15) is 6.54 Å². The maximum absolute atomic E-state index is 13.8. The van der Waals surface area contributed by atoms with Crippen molar-refractivity contribution in [3.8, 4) is 0 Å². The summed E-state index contributed by atoms with van der Waals surface area (Å²) in [5.41, 5.74) is 3.01. The van der Waals surface area contributed by atoms with Crippen molar-refractivity contribution in [2.24, 2.45) is 0 Å². The topological polar surface area (TPSA) is 57.7 Å². The van der Waals surface area contributed by atoms with Crippen molar-refractivity contribution < 1.29 is 13.2 Å². The molecule has 0 spiro atoms. The maximum Gasteiger partial charge on any atom is 0.264 e. The van der Waals surface area contributed by atoms with Gasteiger partial charge in [-0.15, -0.1) is 0 Å². The number of nitrogens with zero attached hydrogens (tertiary/aromatic N) is 2. The van der Waals surface area contributed by atoms with Gasteiger partial charge in [0.15, 0.2) is 0 Å². The minimum Gasteiger partial charge on any atom is -0.332 e. The van der Waals surface area contributed by atoms with E-state index in [1.54, 1.807) is 17.0 Å². The molecule has 37 heavy (non-hydrogen) atoms. The molecule has 0 radical (unpaired) electrons. The van der Waals surface area contributed by atoms with Crippen LogP contribution in [0.1, 0.15) is 16.7 Å². The SMILES string of the molecule is Cc1ccc(S(=O)(=O)N(CC(=O)N(Cc2ccccc2)Cc2ccccc2)c2cc(Cl)cc(Cl)c2)cc1. The average molecular weight is 554 g/mol. The number of halogens is 2. The summed E-state index contributed by atoms with van der Waals surface area (Å²) in [6.45, 7) is 2.10. The van der Waals surface area contributed by atoms with Crippen LogP contribution in [0.2, 0.25) is 10.0 Å². The number of benzene rings is 4. The molecule has 0 bridgehead atoms. The molecular weight excluding hydrogens is 527 g/mol. The van der Waals surface area contributed by atoms with E-state index in [1.165, 1.54) is 30.3 Å². The van der Waals surface area contributed by atoms with E-state index in [0.29, 0.717) is 13.1 Å². The summed E-state index contributed by atoms with van der Waals surface area (Å²) in [5, 5.41) is 0.536. The highest BCUT2D eigenvalue weighted by Gasteiger charge is 2.29. The Bertz CT molecular complexity index is 1400. The zero-order valence-corrected chi connectivity index (χ0v) is 22.5. The van der Waals surface area contributed by atoms with Crippen LogP contribution in [0.15, 0.2) is 108 Å². The minimum absolute atomic E-state index is 0.0691. The summed E-state index contributed by atoms with van der Waals surface area (Å²) in [6.07, 6.45) is 0. The quantitative estimate of drug-likeness (QED) is 0.231. The monoisotopic (exact) mass is 552 g/mol. The van der Waals surface area contributed by atoms with E-state index in [4.69, 9.17) is 23.2 Å². The second kappa shape index (κ2) is 11.8. The van der Waals surface area contributed by atoms with Crippen molar-refractivity contribution in [2.45, 2.75) is 24.9 Å². The Kier molecular flexibility index (Phi) is 8.54. The molecule has 5 nitrogen and oxygen atoms in total. The molecular formula is C29H26Cl2N2O3S. The lowest BCUT2D eigenvalue weighted by molar-refractivity contribution is -0.130. The number of amides is 1. The summed E-state index contributed by atoms with van der Waals surface area (Å²) in [4.78, 5) is 15.5. The van der Waals surface area contributed by atoms with Crippen molar-refractivity contribution in [2.75, 3.05) is 10.8 Å². The van der Waals surface area contributed by atoms with Crippen molar-refractivity contribution >= 4 is 44.8 Å². The van der Waals surface area contributed by atoms with Gasteiger partial charge in [0, 0.05) is 23.1 Å². The molecule has 0 aromatic heterocycles. The summed E-state index contributed by atoms with van der Waals surface area (Å²) >= 11 is 12.4. The largest absolute Gasteiger partial charge is 0.332 e. The molecule has 4 rings (SSSR count). The van der Waals surface area contributed by atoms with E-state index in [0.717, 1.165) is 21.0 Å². The Balaban J connectivity index is 1.72. The molecule has 0 saturated carbocycles. The Morgan fingerprint density at radius 2 is 1.22 bits per heavy atom. The standard InChI is InChI=1S/C29H26Cl2N2O3S/c1-22-12-14-28(15-13-22)37(35,36)33(27-17-25(30)16-26(31)18-27)21-29(34)32(19-23-8-4-2-5-9-23)20-24-10-6-3-7-11-24/h2-18H,19-21H2,1H3. The van der Waals surface area contributed by atoms with Gasteiger partial charge in [-0.1, -0.05) is 102 Å². The summed E-state index contributed by atoms with van der Waals surface area (Å²) < 4.78 is 28.7. The number of carbonyl (C=O) groups excluding carboxylic acids is 1. The second-order valence-electron chi connectivity index (χ2n) is 8.67. The molecule has 0 fully saturated rings. The zero-order valence-electron chi connectivity index (χ0n) is 20.2. The van der Waals surface area contributed by atoms with E-state index < -0.39 is 16.6 Å². The van der Waals surface area contributed by atoms with Crippen molar-refractivity contribution in [1.29, 1.82) is 0 Å². The van der Waals surface area contributed by atoms with E-state index in [2.05, 4.69) is 0 Å². The third-order valence-electron chi connectivity index (χ3n) is 5.81. The minimum atomic E-state index is -4.11. The number of aryl methyl sites for hydroxylation is 1. The Labute approximate surface area is 227 Å². The molecule has 0 aliphatic carbocycles. The molecule has 8 heteroatoms. The average Bonchev–Trinajstić information content (AvgIpc) is 2.87. The fraction of sp³-hybridized carbons (Fsp3) is 0.138. The van der Waals surface area contributed by atoms with E-state index >= 15 is 0 Å². The first-order chi connectivity index (χ1) is 17.7. The molecule has 0 N–H and O–H groups in total. The Morgan fingerprint density at radius 1 is 0.730 bits per heavy atom. The highest BCUT2D eigenvalue weighted by Crippen LogP contribution is 2.30. The van der Waals surface area contributed by atoms with Crippen LogP contribution in [-0.2, 0) is 27.9 Å². The van der Waals surface area contributed by atoms with Crippen LogP contribution in [-0.4, -0.2) is 25.8 Å². The van der Waals surface area contributed by atoms with Gasteiger partial charge in [0.25, 0.3) is 10.0 Å². The van der Waals surface area contributed by atoms with E-state index in [9.17, 15) is 13.2 Å². The van der Waals surface area contributed by atoms with Crippen LogP contribution in [0.5, 0.6) is 0 Å². The fourth-order valence-corrected chi connectivity index (χ4v) is 5.81. The number of carbonyl (C=O) groups is 1. The first-order valence-corrected chi connectivity index (χ1v) is 13.8. The van der Waals surface area contributed by atoms with Gasteiger partial charge in [-0.05, 0) is 48.4 Å². The third kappa shape index (κ3) is 6.92. The van der Waals surface area contributed by atoms with Crippen LogP contribution in [0.25, 0.3) is 0 Å². The van der Waals surface area contributed by atoms with E-state index in [1.807, 2.05) is 67.6 Å². The van der Waals surface area contributed by atoms with Crippen molar-refractivity contribution in [1.82, 2.24) is 4.90 Å². The van der Waals surface area contributed by atoms with Crippen LogP contribution in [0.4, 0.5) is 5.69 Å².